The molecule has 2 nitrogen and oxygen atoms in total. The van der Waals surface area contributed by atoms with Gasteiger partial charge in [0.2, 0.25) is 0 Å². The molecular weight excluding hydrogens is 266 g/mol. The summed E-state index contributed by atoms with van der Waals surface area (Å²) >= 11 is 7.49. The van der Waals surface area contributed by atoms with Crippen LogP contribution >= 0.6 is 22.9 Å². The van der Waals surface area contributed by atoms with Crippen LogP contribution < -0.4 is 0 Å². The molecule has 3 rings (SSSR count). The summed E-state index contributed by atoms with van der Waals surface area (Å²) in [6, 6.07) is 11.3. The van der Waals surface area contributed by atoms with Gasteiger partial charge < -0.3 is 5.11 Å². The van der Waals surface area contributed by atoms with Crippen molar-refractivity contribution in [1.82, 2.24) is 4.98 Å². The van der Waals surface area contributed by atoms with Crippen LogP contribution in [0.15, 0.2) is 36.4 Å². The van der Waals surface area contributed by atoms with Crippen LogP contribution in [0.5, 0.6) is 5.75 Å². The standard InChI is InChI=1S/C14H10ClNOS/c1-8-3-2-4-10(13(8)17)14-16-11-6-5-9(15)7-12(11)18-14/h2-7,17H,1H3. The summed E-state index contributed by atoms with van der Waals surface area (Å²) in [7, 11) is 0. The highest BCUT2D eigenvalue weighted by atomic mass is 35.5. The summed E-state index contributed by atoms with van der Waals surface area (Å²) in [5, 5.41) is 11.6. The molecule has 1 heterocycles. The summed E-state index contributed by atoms with van der Waals surface area (Å²) in [5.41, 5.74) is 2.53. The number of benzene rings is 2. The SMILES string of the molecule is Cc1cccc(-c2nc3ccc(Cl)cc3s2)c1O. The Morgan fingerprint density at radius 2 is 2.06 bits per heavy atom. The highest BCUT2D eigenvalue weighted by Gasteiger charge is 2.11. The molecule has 0 fully saturated rings. The number of thiazole rings is 1. The molecule has 0 saturated carbocycles. The zero-order chi connectivity index (χ0) is 12.7. The van der Waals surface area contributed by atoms with E-state index in [9.17, 15) is 5.11 Å². The van der Waals surface area contributed by atoms with Crippen molar-refractivity contribution < 1.29 is 5.11 Å². The van der Waals surface area contributed by atoms with Gasteiger partial charge in [-0.2, -0.15) is 0 Å². The van der Waals surface area contributed by atoms with E-state index in [0.717, 1.165) is 26.4 Å². The molecule has 0 aliphatic heterocycles. The molecule has 0 radical (unpaired) electrons. The van der Waals surface area contributed by atoms with Crippen LogP contribution in [0.1, 0.15) is 5.56 Å². The van der Waals surface area contributed by atoms with Crippen LogP contribution in [0.25, 0.3) is 20.8 Å². The number of nitrogens with zero attached hydrogens (tertiary/aromatic N) is 1. The van der Waals surface area contributed by atoms with Gasteiger partial charge in [-0.15, -0.1) is 11.3 Å². The van der Waals surface area contributed by atoms with Gasteiger partial charge >= 0.3 is 0 Å². The fourth-order valence-corrected chi connectivity index (χ4v) is 3.11. The molecule has 0 aliphatic rings. The van der Waals surface area contributed by atoms with Crippen LogP contribution in [0.4, 0.5) is 0 Å². The molecule has 0 amide bonds. The van der Waals surface area contributed by atoms with E-state index >= 15 is 0 Å². The van der Waals surface area contributed by atoms with Crippen LogP contribution in [-0.2, 0) is 0 Å². The fraction of sp³-hybridized carbons (Fsp3) is 0.0714. The molecule has 0 spiro atoms. The minimum Gasteiger partial charge on any atom is -0.507 e. The molecule has 18 heavy (non-hydrogen) atoms. The van der Waals surface area contributed by atoms with Gasteiger partial charge in [0.25, 0.3) is 0 Å². The first-order valence-electron chi connectivity index (χ1n) is 5.50. The molecule has 0 saturated heterocycles. The van der Waals surface area contributed by atoms with Gasteiger partial charge in [-0.1, -0.05) is 23.7 Å². The zero-order valence-corrected chi connectivity index (χ0v) is 11.2. The topological polar surface area (TPSA) is 33.1 Å². The Balaban J connectivity index is 2.22. The number of aromatic hydroxyl groups is 1. The summed E-state index contributed by atoms with van der Waals surface area (Å²) in [4.78, 5) is 4.53. The number of rotatable bonds is 1. The molecule has 1 aromatic heterocycles. The van der Waals surface area contributed by atoms with E-state index in [1.807, 2.05) is 43.3 Å². The summed E-state index contributed by atoms with van der Waals surface area (Å²) in [6.07, 6.45) is 0. The Morgan fingerprint density at radius 1 is 1.22 bits per heavy atom. The number of aryl methyl sites for hydroxylation is 1. The van der Waals surface area contributed by atoms with Crippen LogP contribution in [-0.4, -0.2) is 10.1 Å². The van der Waals surface area contributed by atoms with Crippen LogP contribution in [0.2, 0.25) is 5.02 Å². The number of aromatic nitrogens is 1. The van der Waals surface area contributed by atoms with E-state index in [1.54, 1.807) is 0 Å². The fourth-order valence-electron chi connectivity index (χ4n) is 1.85. The third-order valence-electron chi connectivity index (χ3n) is 2.82. The number of hydrogen-bond donors (Lipinski definition) is 1. The van der Waals surface area contributed by atoms with E-state index in [2.05, 4.69) is 4.98 Å². The highest BCUT2D eigenvalue weighted by Crippen LogP contribution is 2.37. The third kappa shape index (κ3) is 1.85. The van der Waals surface area contributed by atoms with E-state index < -0.39 is 0 Å². The van der Waals surface area contributed by atoms with Gasteiger partial charge in [-0.25, -0.2) is 4.98 Å². The molecular formula is C14H10ClNOS. The Morgan fingerprint density at radius 3 is 2.89 bits per heavy atom. The number of fused-ring (bicyclic) bond motifs is 1. The largest absolute Gasteiger partial charge is 0.507 e. The molecule has 90 valence electrons. The molecule has 4 heteroatoms. The normalized spacial score (nSPS) is 11.0. The summed E-state index contributed by atoms with van der Waals surface area (Å²) < 4.78 is 1.03. The number of para-hydroxylation sites is 1. The second kappa shape index (κ2) is 4.26. The predicted molar refractivity (Wildman–Crippen MR) is 76.5 cm³/mol. The van der Waals surface area contributed by atoms with Crippen molar-refractivity contribution in [2.24, 2.45) is 0 Å². The van der Waals surface area contributed by atoms with Crippen molar-refractivity contribution in [1.29, 1.82) is 0 Å². The maximum atomic E-state index is 10.1. The molecule has 0 unspecified atom stereocenters. The Labute approximate surface area is 113 Å². The lowest BCUT2D eigenvalue weighted by molar-refractivity contribution is 0.473. The molecule has 1 N–H and O–H groups in total. The van der Waals surface area contributed by atoms with Crippen LogP contribution in [0.3, 0.4) is 0 Å². The van der Waals surface area contributed by atoms with Crippen LogP contribution in [0, 0.1) is 6.92 Å². The minimum absolute atomic E-state index is 0.294. The van der Waals surface area contributed by atoms with Gasteiger partial charge in [0, 0.05) is 5.02 Å². The van der Waals surface area contributed by atoms with Gasteiger partial charge in [-0.3, -0.25) is 0 Å². The summed E-state index contributed by atoms with van der Waals surface area (Å²) in [5.74, 6) is 0.294. The molecule has 0 bridgehead atoms. The Kier molecular flexibility index (Phi) is 2.73. The maximum Gasteiger partial charge on any atom is 0.128 e. The third-order valence-corrected chi connectivity index (χ3v) is 4.11. The quantitative estimate of drug-likeness (QED) is 0.702. The molecule has 0 atom stereocenters. The Bertz CT molecular complexity index is 736. The van der Waals surface area contributed by atoms with Crippen molar-refractivity contribution in [3.63, 3.8) is 0 Å². The van der Waals surface area contributed by atoms with Gasteiger partial charge in [-0.05, 0) is 36.8 Å². The van der Waals surface area contributed by atoms with Crippen molar-refractivity contribution in [3.8, 4) is 16.3 Å². The number of phenolic OH excluding ortho intramolecular Hbond substituents is 1. The van der Waals surface area contributed by atoms with Gasteiger partial charge in [0.1, 0.15) is 10.8 Å². The van der Waals surface area contributed by atoms with E-state index in [4.69, 9.17) is 11.6 Å². The highest BCUT2D eigenvalue weighted by molar-refractivity contribution is 7.21. The van der Waals surface area contributed by atoms with Crippen molar-refractivity contribution >= 4 is 33.2 Å². The van der Waals surface area contributed by atoms with Gasteiger partial charge in [0.05, 0.1) is 15.8 Å². The Hall–Kier alpha value is -1.58. The van der Waals surface area contributed by atoms with Crippen molar-refractivity contribution in [3.05, 3.63) is 47.0 Å². The lowest BCUT2D eigenvalue weighted by Crippen LogP contribution is -1.80. The van der Waals surface area contributed by atoms with E-state index in [-0.39, 0.29) is 0 Å². The molecule has 3 aromatic rings. The maximum absolute atomic E-state index is 10.1. The van der Waals surface area contributed by atoms with Gasteiger partial charge in [0.15, 0.2) is 0 Å². The average molecular weight is 276 g/mol. The lowest BCUT2D eigenvalue weighted by Gasteiger charge is -2.02. The molecule has 2 aromatic carbocycles. The first-order chi connectivity index (χ1) is 8.65. The second-order valence-corrected chi connectivity index (χ2v) is 5.57. The number of hydrogen-bond acceptors (Lipinski definition) is 3. The average Bonchev–Trinajstić information content (AvgIpc) is 2.75. The lowest BCUT2D eigenvalue weighted by atomic mass is 10.1. The molecule has 0 aliphatic carbocycles. The zero-order valence-electron chi connectivity index (χ0n) is 9.64. The first kappa shape index (κ1) is 11.5. The number of phenols is 1. The second-order valence-electron chi connectivity index (χ2n) is 4.10. The monoisotopic (exact) mass is 275 g/mol. The minimum atomic E-state index is 0.294. The van der Waals surface area contributed by atoms with Crippen molar-refractivity contribution in [2.75, 3.05) is 0 Å². The predicted octanol–water partition coefficient (Wildman–Crippen LogP) is 4.63. The smallest absolute Gasteiger partial charge is 0.128 e. The van der Waals surface area contributed by atoms with E-state index in [1.165, 1.54) is 11.3 Å². The van der Waals surface area contributed by atoms with Crippen molar-refractivity contribution in [2.45, 2.75) is 6.92 Å². The first-order valence-corrected chi connectivity index (χ1v) is 6.69. The number of halogens is 1. The van der Waals surface area contributed by atoms with E-state index in [0.29, 0.717) is 10.8 Å². The summed E-state index contributed by atoms with van der Waals surface area (Å²) in [6.45, 7) is 1.88.